The number of ether oxygens (including phenoxy) is 1. The Kier molecular flexibility index (Phi) is 7.03. The van der Waals surface area contributed by atoms with Gasteiger partial charge in [-0.25, -0.2) is 9.97 Å². The third-order valence-electron chi connectivity index (χ3n) is 3.76. The molecule has 0 radical (unpaired) electrons. The Morgan fingerprint density at radius 3 is 3.00 bits per heavy atom. The Hall–Kier alpha value is -1.71. The standard InChI is InChI=1S/C18H22N4O2S3/c1-4-24-12-5-6-14-15(9-12)27-18(21-14)22-16(23)10-26-17-19-11(2)13(20-17)7-8-25-3/h5-6,9H,4,7-8,10H2,1-3H3,(H,19,20)(H,21,22,23). The number of anilines is 1. The molecule has 0 unspecified atom stereocenters. The molecular weight excluding hydrogens is 400 g/mol. The number of thiazole rings is 1. The van der Waals surface area contributed by atoms with E-state index in [1.165, 1.54) is 23.1 Å². The zero-order valence-corrected chi connectivity index (χ0v) is 17.9. The van der Waals surface area contributed by atoms with Crippen LogP contribution in [-0.2, 0) is 11.2 Å². The highest BCUT2D eigenvalue weighted by molar-refractivity contribution is 7.99. The van der Waals surface area contributed by atoms with Gasteiger partial charge in [0.25, 0.3) is 0 Å². The molecule has 0 aliphatic heterocycles. The number of hydrogen-bond acceptors (Lipinski definition) is 7. The van der Waals surface area contributed by atoms with Crippen LogP contribution in [0.3, 0.4) is 0 Å². The van der Waals surface area contributed by atoms with Gasteiger partial charge < -0.3 is 15.0 Å². The number of H-pyrrole nitrogens is 1. The summed E-state index contributed by atoms with van der Waals surface area (Å²) in [5, 5.41) is 4.25. The number of aromatic amines is 1. The number of aromatic nitrogens is 3. The molecule has 27 heavy (non-hydrogen) atoms. The molecule has 0 saturated heterocycles. The number of aryl methyl sites for hydroxylation is 2. The maximum absolute atomic E-state index is 12.3. The van der Waals surface area contributed by atoms with Crippen LogP contribution in [0.4, 0.5) is 5.13 Å². The Bertz CT molecular complexity index is 923. The van der Waals surface area contributed by atoms with Gasteiger partial charge in [-0.15, -0.1) is 0 Å². The van der Waals surface area contributed by atoms with Gasteiger partial charge in [0.2, 0.25) is 5.91 Å². The molecular formula is C18H22N4O2S3. The Morgan fingerprint density at radius 1 is 1.37 bits per heavy atom. The number of imidazole rings is 1. The van der Waals surface area contributed by atoms with Gasteiger partial charge in [0.05, 0.1) is 28.3 Å². The first kappa shape index (κ1) is 20.0. The maximum atomic E-state index is 12.3. The lowest BCUT2D eigenvalue weighted by atomic mass is 10.3. The summed E-state index contributed by atoms with van der Waals surface area (Å²) < 4.78 is 6.49. The minimum atomic E-state index is -0.0937. The first-order chi connectivity index (χ1) is 13.1. The molecule has 0 fully saturated rings. The Morgan fingerprint density at radius 2 is 2.22 bits per heavy atom. The van der Waals surface area contributed by atoms with Crippen LogP contribution in [0.5, 0.6) is 5.75 Å². The number of hydrogen-bond donors (Lipinski definition) is 2. The van der Waals surface area contributed by atoms with Crippen LogP contribution < -0.4 is 10.1 Å². The minimum Gasteiger partial charge on any atom is -0.494 e. The van der Waals surface area contributed by atoms with E-state index < -0.39 is 0 Å². The van der Waals surface area contributed by atoms with Crippen molar-refractivity contribution in [2.45, 2.75) is 25.4 Å². The molecule has 0 atom stereocenters. The highest BCUT2D eigenvalue weighted by atomic mass is 32.2. The Labute approximate surface area is 170 Å². The SMILES string of the molecule is CCOc1ccc2nc(NC(=O)CSc3nc(CCSC)c(C)[nH]3)sc2c1. The second kappa shape index (κ2) is 9.48. The summed E-state index contributed by atoms with van der Waals surface area (Å²) in [7, 11) is 0. The van der Waals surface area contributed by atoms with E-state index in [4.69, 9.17) is 4.74 Å². The highest BCUT2D eigenvalue weighted by Gasteiger charge is 2.12. The summed E-state index contributed by atoms with van der Waals surface area (Å²) in [6.07, 6.45) is 3.02. The lowest BCUT2D eigenvalue weighted by molar-refractivity contribution is -0.113. The topological polar surface area (TPSA) is 79.9 Å². The molecule has 2 heterocycles. The van der Waals surface area contributed by atoms with Gasteiger partial charge in [-0.2, -0.15) is 11.8 Å². The second-order valence-electron chi connectivity index (χ2n) is 5.77. The van der Waals surface area contributed by atoms with Crippen molar-refractivity contribution in [3.63, 3.8) is 0 Å². The van der Waals surface area contributed by atoms with Crippen LogP contribution in [0.2, 0.25) is 0 Å². The van der Waals surface area contributed by atoms with Crippen molar-refractivity contribution < 1.29 is 9.53 Å². The van der Waals surface area contributed by atoms with Crippen molar-refractivity contribution in [3.05, 3.63) is 29.6 Å². The van der Waals surface area contributed by atoms with Crippen LogP contribution >= 0.6 is 34.9 Å². The van der Waals surface area contributed by atoms with Crippen molar-refractivity contribution in [1.29, 1.82) is 0 Å². The number of carbonyl (C=O) groups is 1. The van der Waals surface area contributed by atoms with Crippen LogP contribution in [0.15, 0.2) is 23.4 Å². The number of nitrogens with one attached hydrogen (secondary N) is 2. The molecule has 1 aromatic carbocycles. The molecule has 144 valence electrons. The number of amides is 1. The van der Waals surface area contributed by atoms with Gasteiger partial charge in [-0.3, -0.25) is 4.79 Å². The fraction of sp³-hybridized carbons (Fsp3) is 0.389. The van der Waals surface area contributed by atoms with Crippen LogP contribution in [0.1, 0.15) is 18.3 Å². The van der Waals surface area contributed by atoms with Crippen molar-refractivity contribution in [3.8, 4) is 5.75 Å². The molecule has 0 aliphatic carbocycles. The monoisotopic (exact) mass is 422 g/mol. The molecule has 0 spiro atoms. The van der Waals surface area contributed by atoms with E-state index in [9.17, 15) is 4.79 Å². The van der Waals surface area contributed by atoms with Gasteiger partial charge >= 0.3 is 0 Å². The zero-order valence-electron chi connectivity index (χ0n) is 15.5. The maximum Gasteiger partial charge on any atom is 0.236 e. The van der Waals surface area contributed by atoms with E-state index >= 15 is 0 Å². The molecule has 1 amide bonds. The fourth-order valence-electron chi connectivity index (χ4n) is 2.48. The third kappa shape index (κ3) is 5.40. The van der Waals surface area contributed by atoms with E-state index in [1.54, 1.807) is 11.8 Å². The largest absolute Gasteiger partial charge is 0.494 e. The molecule has 0 saturated carbocycles. The zero-order chi connectivity index (χ0) is 19.2. The van der Waals surface area contributed by atoms with E-state index in [-0.39, 0.29) is 11.7 Å². The first-order valence-corrected chi connectivity index (χ1v) is 11.8. The number of thioether (sulfide) groups is 2. The minimum absolute atomic E-state index is 0.0937. The predicted octanol–water partition coefficient (Wildman–Crippen LogP) is 4.36. The Balaban J connectivity index is 1.57. The fourth-order valence-corrected chi connectivity index (χ4v) is 4.53. The number of nitrogens with zero attached hydrogens (tertiary/aromatic N) is 2. The second-order valence-corrected chi connectivity index (χ2v) is 8.76. The summed E-state index contributed by atoms with van der Waals surface area (Å²) in [4.78, 5) is 24.5. The highest BCUT2D eigenvalue weighted by Crippen LogP contribution is 2.29. The predicted molar refractivity (Wildman–Crippen MR) is 116 cm³/mol. The normalized spacial score (nSPS) is 11.1. The molecule has 6 nitrogen and oxygen atoms in total. The number of fused-ring (bicyclic) bond motifs is 1. The third-order valence-corrected chi connectivity index (χ3v) is 6.18. The lowest BCUT2D eigenvalue weighted by Gasteiger charge is -2.00. The number of rotatable bonds is 9. The van der Waals surface area contributed by atoms with E-state index in [2.05, 4.69) is 26.5 Å². The summed E-state index contributed by atoms with van der Waals surface area (Å²) in [5.41, 5.74) is 3.00. The van der Waals surface area contributed by atoms with Gasteiger partial charge in [-0.05, 0) is 44.1 Å². The summed E-state index contributed by atoms with van der Waals surface area (Å²) in [5.74, 6) is 2.05. The van der Waals surface area contributed by atoms with Crippen LogP contribution in [0.25, 0.3) is 10.2 Å². The molecule has 3 aromatic rings. The summed E-state index contributed by atoms with van der Waals surface area (Å²) in [6, 6.07) is 5.74. The summed E-state index contributed by atoms with van der Waals surface area (Å²) in [6.45, 7) is 4.59. The smallest absolute Gasteiger partial charge is 0.236 e. The van der Waals surface area contributed by atoms with Crippen molar-refractivity contribution in [1.82, 2.24) is 15.0 Å². The lowest BCUT2D eigenvalue weighted by Crippen LogP contribution is -2.13. The quantitative estimate of drug-likeness (QED) is 0.499. The molecule has 9 heteroatoms. The average Bonchev–Trinajstić information content (AvgIpc) is 3.20. The molecule has 2 N–H and O–H groups in total. The van der Waals surface area contributed by atoms with Crippen molar-refractivity contribution >= 4 is 56.1 Å². The molecule has 2 aromatic heterocycles. The first-order valence-electron chi connectivity index (χ1n) is 8.59. The van der Waals surface area contributed by atoms with E-state index in [0.717, 1.165) is 44.7 Å². The molecule has 3 rings (SSSR count). The van der Waals surface area contributed by atoms with E-state index in [1.807, 2.05) is 32.0 Å². The van der Waals surface area contributed by atoms with Crippen LogP contribution in [-0.4, -0.2) is 45.2 Å². The van der Waals surface area contributed by atoms with Gasteiger partial charge in [0.1, 0.15) is 5.75 Å². The van der Waals surface area contributed by atoms with Gasteiger partial charge in [0.15, 0.2) is 10.3 Å². The molecule has 0 bridgehead atoms. The average molecular weight is 423 g/mol. The number of benzene rings is 1. The van der Waals surface area contributed by atoms with E-state index in [0.29, 0.717) is 11.7 Å². The number of carbonyl (C=O) groups excluding carboxylic acids is 1. The van der Waals surface area contributed by atoms with Gasteiger partial charge in [0, 0.05) is 12.1 Å². The van der Waals surface area contributed by atoms with Crippen molar-refractivity contribution in [2.75, 3.05) is 29.7 Å². The van der Waals surface area contributed by atoms with Crippen molar-refractivity contribution in [2.24, 2.45) is 0 Å². The summed E-state index contributed by atoms with van der Waals surface area (Å²) >= 11 is 4.65. The van der Waals surface area contributed by atoms with Crippen LogP contribution in [0, 0.1) is 6.92 Å². The molecule has 0 aliphatic rings. The van der Waals surface area contributed by atoms with Gasteiger partial charge in [-0.1, -0.05) is 23.1 Å².